The number of ether oxygens (including phenoxy) is 2. The van der Waals surface area contributed by atoms with E-state index in [1.807, 2.05) is 6.07 Å². The first-order valence-corrected chi connectivity index (χ1v) is 9.80. The zero-order valence-electron chi connectivity index (χ0n) is 16.2. The van der Waals surface area contributed by atoms with Crippen LogP contribution in [0.2, 0.25) is 0 Å². The van der Waals surface area contributed by atoms with Gasteiger partial charge in [-0.1, -0.05) is 12.1 Å². The van der Waals surface area contributed by atoms with Crippen molar-refractivity contribution in [3.8, 4) is 5.75 Å². The van der Waals surface area contributed by atoms with Crippen molar-refractivity contribution < 1.29 is 19.4 Å². The molecule has 29 heavy (non-hydrogen) atoms. The Balaban J connectivity index is 1.54. The zero-order chi connectivity index (χ0) is 20.1. The fourth-order valence-electron chi connectivity index (χ4n) is 3.35. The Morgan fingerprint density at radius 2 is 1.66 bits per heavy atom. The predicted octanol–water partition coefficient (Wildman–Crippen LogP) is 0.785. The molecule has 1 amide bonds. The number of aromatic nitrogens is 2. The van der Waals surface area contributed by atoms with Crippen molar-refractivity contribution in [2.75, 3.05) is 62.4 Å². The van der Waals surface area contributed by atoms with Crippen LogP contribution in [-0.2, 0) is 16.0 Å². The highest BCUT2D eigenvalue weighted by atomic mass is 16.5. The number of hydrogen-bond acceptors (Lipinski definition) is 8. The maximum Gasteiger partial charge on any atom is 0.255 e. The lowest BCUT2D eigenvalue weighted by atomic mass is 10.2. The second kappa shape index (κ2) is 9.06. The minimum Gasteiger partial charge on any atom is -0.507 e. The SMILES string of the molecule is O=C(NCc1cc(N2CCOCC2)nc(N2CCOCC2)n1)c1ccccc1O. The number of nitrogens with one attached hydrogen (secondary N) is 1. The van der Waals surface area contributed by atoms with E-state index in [-0.39, 0.29) is 23.8 Å². The Morgan fingerprint density at radius 1 is 1.00 bits per heavy atom. The third kappa shape index (κ3) is 4.75. The van der Waals surface area contributed by atoms with Crippen LogP contribution in [0.1, 0.15) is 16.1 Å². The fourth-order valence-corrected chi connectivity index (χ4v) is 3.35. The Hall–Kier alpha value is -2.91. The number of rotatable bonds is 5. The van der Waals surface area contributed by atoms with Crippen LogP contribution in [0, 0.1) is 0 Å². The Kier molecular flexibility index (Phi) is 6.06. The predicted molar refractivity (Wildman–Crippen MR) is 107 cm³/mol. The van der Waals surface area contributed by atoms with Crippen LogP contribution in [0.4, 0.5) is 11.8 Å². The van der Waals surface area contributed by atoms with E-state index in [9.17, 15) is 9.90 Å². The molecule has 2 aliphatic heterocycles. The second-order valence-corrected chi connectivity index (χ2v) is 6.92. The van der Waals surface area contributed by atoms with Crippen LogP contribution in [0.5, 0.6) is 5.75 Å². The number of para-hydroxylation sites is 1. The monoisotopic (exact) mass is 399 g/mol. The number of amides is 1. The highest BCUT2D eigenvalue weighted by Crippen LogP contribution is 2.20. The van der Waals surface area contributed by atoms with Gasteiger partial charge >= 0.3 is 0 Å². The molecule has 1 aromatic carbocycles. The van der Waals surface area contributed by atoms with Gasteiger partial charge in [0.05, 0.1) is 44.2 Å². The molecule has 2 saturated heterocycles. The molecule has 0 atom stereocenters. The fraction of sp³-hybridized carbons (Fsp3) is 0.450. The van der Waals surface area contributed by atoms with Crippen LogP contribution in [-0.4, -0.2) is 73.6 Å². The van der Waals surface area contributed by atoms with E-state index in [0.717, 1.165) is 32.0 Å². The number of carbonyl (C=O) groups excluding carboxylic acids is 1. The molecule has 9 nitrogen and oxygen atoms in total. The van der Waals surface area contributed by atoms with Crippen LogP contribution in [0.15, 0.2) is 30.3 Å². The molecular weight excluding hydrogens is 374 g/mol. The summed E-state index contributed by atoms with van der Waals surface area (Å²) >= 11 is 0. The zero-order valence-corrected chi connectivity index (χ0v) is 16.2. The lowest BCUT2D eigenvalue weighted by Crippen LogP contribution is -2.39. The number of carbonyl (C=O) groups is 1. The molecule has 154 valence electrons. The maximum atomic E-state index is 12.4. The summed E-state index contributed by atoms with van der Waals surface area (Å²) in [6.45, 7) is 5.85. The van der Waals surface area contributed by atoms with Crippen molar-refractivity contribution in [1.29, 1.82) is 0 Å². The lowest BCUT2D eigenvalue weighted by Gasteiger charge is -2.31. The topological polar surface area (TPSA) is 100 Å². The van der Waals surface area contributed by atoms with Crippen molar-refractivity contribution in [3.05, 3.63) is 41.6 Å². The van der Waals surface area contributed by atoms with Crippen LogP contribution >= 0.6 is 0 Å². The van der Waals surface area contributed by atoms with E-state index in [4.69, 9.17) is 14.5 Å². The van der Waals surface area contributed by atoms with Crippen LogP contribution in [0.25, 0.3) is 0 Å². The Bertz CT molecular complexity index is 814. The van der Waals surface area contributed by atoms with Crippen molar-refractivity contribution in [2.24, 2.45) is 0 Å². The van der Waals surface area contributed by atoms with Crippen molar-refractivity contribution in [3.63, 3.8) is 0 Å². The summed E-state index contributed by atoms with van der Waals surface area (Å²) < 4.78 is 10.9. The molecule has 2 N–H and O–H groups in total. The number of aromatic hydroxyl groups is 1. The van der Waals surface area contributed by atoms with Crippen molar-refractivity contribution in [1.82, 2.24) is 15.3 Å². The normalized spacial score (nSPS) is 17.2. The summed E-state index contributed by atoms with van der Waals surface area (Å²) in [5, 5.41) is 12.7. The van der Waals surface area contributed by atoms with Gasteiger partial charge in [0.15, 0.2) is 0 Å². The molecule has 0 bridgehead atoms. The summed E-state index contributed by atoms with van der Waals surface area (Å²) in [6, 6.07) is 8.38. The number of anilines is 2. The first-order valence-electron chi connectivity index (χ1n) is 9.80. The standard InChI is InChI=1S/C20H25N5O4/c26-17-4-2-1-3-16(17)19(27)21-14-15-13-18(24-5-9-28-10-6-24)23-20(22-15)25-7-11-29-12-8-25/h1-4,13,26H,5-12,14H2,(H,21,27). The van der Waals surface area contributed by atoms with E-state index >= 15 is 0 Å². The summed E-state index contributed by atoms with van der Waals surface area (Å²) in [4.78, 5) is 26.1. The summed E-state index contributed by atoms with van der Waals surface area (Å²) in [7, 11) is 0. The number of morpholine rings is 2. The summed E-state index contributed by atoms with van der Waals surface area (Å²) in [5.74, 6) is 1.08. The van der Waals surface area contributed by atoms with Gasteiger partial charge in [0.2, 0.25) is 5.95 Å². The average Bonchev–Trinajstić information content (AvgIpc) is 2.79. The maximum absolute atomic E-state index is 12.4. The van der Waals surface area contributed by atoms with Gasteiger partial charge in [-0.2, -0.15) is 4.98 Å². The minimum absolute atomic E-state index is 0.0456. The summed E-state index contributed by atoms with van der Waals surface area (Å²) in [6.07, 6.45) is 0. The largest absolute Gasteiger partial charge is 0.507 e. The van der Waals surface area contributed by atoms with E-state index in [2.05, 4.69) is 20.1 Å². The average molecular weight is 399 g/mol. The molecule has 3 heterocycles. The molecule has 0 saturated carbocycles. The van der Waals surface area contributed by atoms with Crippen LogP contribution in [0.3, 0.4) is 0 Å². The first-order chi connectivity index (χ1) is 14.2. The molecule has 0 spiro atoms. The van der Waals surface area contributed by atoms with Gasteiger partial charge in [0.1, 0.15) is 11.6 Å². The van der Waals surface area contributed by atoms with Gasteiger partial charge in [-0.3, -0.25) is 4.79 Å². The molecule has 9 heteroatoms. The Labute approximate surface area is 169 Å². The number of hydrogen-bond donors (Lipinski definition) is 2. The number of phenols is 1. The third-order valence-electron chi connectivity index (χ3n) is 4.96. The third-order valence-corrected chi connectivity index (χ3v) is 4.96. The van der Waals surface area contributed by atoms with Gasteiger partial charge in [-0.05, 0) is 12.1 Å². The molecule has 2 fully saturated rings. The van der Waals surface area contributed by atoms with E-state index in [1.54, 1.807) is 18.2 Å². The number of phenolic OH excluding ortho intramolecular Hbond substituents is 1. The van der Waals surface area contributed by atoms with Crippen molar-refractivity contribution >= 4 is 17.7 Å². The van der Waals surface area contributed by atoms with Gasteiger partial charge in [0.25, 0.3) is 5.91 Å². The lowest BCUT2D eigenvalue weighted by molar-refractivity contribution is 0.0947. The molecule has 0 radical (unpaired) electrons. The minimum atomic E-state index is -0.345. The van der Waals surface area contributed by atoms with Crippen molar-refractivity contribution in [2.45, 2.75) is 6.54 Å². The van der Waals surface area contributed by atoms with E-state index in [1.165, 1.54) is 6.07 Å². The second-order valence-electron chi connectivity index (χ2n) is 6.92. The Morgan fingerprint density at radius 3 is 2.34 bits per heavy atom. The highest BCUT2D eigenvalue weighted by molar-refractivity contribution is 5.96. The van der Waals surface area contributed by atoms with Crippen LogP contribution < -0.4 is 15.1 Å². The molecule has 0 aliphatic carbocycles. The smallest absolute Gasteiger partial charge is 0.255 e. The van der Waals surface area contributed by atoms with Gasteiger partial charge in [-0.15, -0.1) is 0 Å². The van der Waals surface area contributed by atoms with Gasteiger partial charge in [-0.25, -0.2) is 4.98 Å². The quantitative estimate of drug-likeness (QED) is 0.761. The van der Waals surface area contributed by atoms with E-state index < -0.39 is 0 Å². The first kappa shape index (κ1) is 19.4. The molecule has 2 aliphatic rings. The number of nitrogens with zero attached hydrogens (tertiary/aromatic N) is 4. The highest BCUT2D eigenvalue weighted by Gasteiger charge is 2.20. The van der Waals surface area contributed by atoms with Gasteiger partial charge in [0, 0.05) is 32.2 Å². The molecular formula is C20H25N5O4. The van der Waals surface area contributed by atoms with Gasteiger partial charge < -0.3 is 29.7 Å². The molecule has 1 aromatic heterocycles. The molecule has 4 rings (SSSR count). The van der Waals surface area contributed by atoms with E-state index in [0.29, 0.717) is 38.1 Å². The molecule has 0 unspecified atom stereocenters. The number of benzene rings is 1. The summed E-state index contributed by atoms with van der Waals surface area (Å²) in [5.41, 5.74) is 0.954. The molecule has 2 aromatic rings.